The van der Waals surface area contributed by atoms with Crippen LogP contribution in [0.4, 0.5) is 0 Å². The van der Waals surface area contributed by atoms with Gasteiger partial charge in [0.25, 0.3) is 0 Å². The molecule has 0 atom stereocenters. The van der Waals surface area contributed by atoms with E-state index in [0.717, 1.165) is 30.7 Å². The summed E-state index contributed by atoms with van der Waals surface area (Å²) < 4.78 is 18.0. The van der Waals surface area contributed by atoms with Gasteiger partial charge in [0.1, 0.15) is 17.2 Å². The fraction of sp³-hybridized carbons (Fsp3) is 0.538. The van der Waals surface area contributed by atoms with E-state index in [4.69, 9.17) is 13.3 Å². The number of benzene rings is 1. The van der Waals surface area contributed by atoms with Crippen molar-refractivity contribution in [2.45, 2.75) is 6.17 Å². The molecular formula is C13H18N4O3Si. The standard InChI is InChI=1S/C13H18N4O3Si/c1-2-4-13-12(3-1)14-17(15-13)11-21-18-8-5-16(6-9-19-21)7-10-20-21/h1-4H,5-11H2. The van der Waals surface area contributed by atoms with Crippen molar-refractivity contribution in [1.29, 1.82) is 0 Å². The van der Waals surface area contributed by atoms with E-state index < -0.39 is 8.80 Å². The molecular weight excluding hydrogens is 288 g/mol. The molecule has 0 spiro atoms. The number of hydrogen-bond acceptors (Lipinski definition) is 6. The third kappa shape index (κ3) is 2.72. The van der Waals surface area contributed by atoms with Crippen molar-refractivity contribution in [2.75, 3.05) is 39.5 Å². The third-order valence-corrected chi connectivity index (χ3v) is 6.45. The summed E-state index contributed by atoms with van der Waals surface area (Å²) >= 11 is 0. The molecule has 8 heteroatoms. The molecule has 1 aromatic heterocycles. The van der Waals surface area contributed by atoms with E-state index >= 15 is 0 Å². The van der Waals surface area contributed by atoms with Crippen molar-refractivity contribution in [1.82, 2.24) is 19.9 Å². The zero-order valence-corrected chi connectivity index (χ0v) is 12.8. The van der Waals surface area contributed by atoms with Gasteiger partial charge < -0.3 is 13.3 Å². The van der Waals surface area contributed by atoms with Crippen LogP contribution < -0.4 is 0 Å². The second kappa shape index (κ2) is 5.47. The number of aromatic nitrogens is 3. The summed E-state index contributed by atoms with van der Waals surface area (Å²) in [4.78, 5) is 3.97. The summed E-state index contributed by atoms with van der Waals surface area (Å²) in [5.41, 5.74) is 1.76. The molecule has 3 aliphatic heterocycles. The van der Waals surface area contributed by atoms with E-state index in [1.54, 1.807) is 4.80 Å². The van der Waals surface area contributed by atoms with Gasteiger partial charge in [0.15, 0.2) is 0 Å². The molecule has 0 saturated carbocycles. The SMILES string of the molecule is c1ccc2nn(C[Si]34OCCN(CCO3)CCO4)nc2c1. The maximum Gasteiger partial charge on any atom is 0.525 e. The minimum absolute atomic E-state index is 0.474. The molecule has 4 heterocycles. The van der Waals surface area contributed by atoms with E-state index in [9.17, 15) is 0 Å². The first-order valence-electron chi connectivity index (χ1n) is 7.27. The van der Waals surface area contributed by atoms with Crippen LogP contribution in [-0.2, 0) is 19.4 Å². The van der Waals surface area contributed by atoms with Crippen LogP contribution in [0, 0.1) is 0 Å². The van der Waals surface area contributed by atoms with Gasteiger partial charge >= 0.3 is 8.80 Å². The van der Waals surface area contributed by atoms with E-state index in [0.29, 0.717) is 26.0 Å². The van der Waals surface area contributed by atoms with Gasteiger partial charge in [0, 0.05) is 19.6 Å². The van der Waals surface area contributed by atoms with Crippen LogP contribution in [0.2, 0.25) is 0 Å². The van der Waals surface area contributed by atoms with E-state index in [1.165, 1.54) is 0 Å². The summed E-state index contributed by atoms with van der Waals surface area (Å²) in [5.74, 6) is 0. The molecule has 0 N–H and O–H groups in total. The molecule has 3 saturated heterocycles. The molecule has 21 heavy (non-hydrogen) atoms. The lowest BCUT2D eigenvalue weighted by molar-refractivity contribution is -0.0135. The zero-order chi connectivity index (χ0) is 14.1. The minimum atomic E-state index is -2.72. The number of fused-ring (bicyclic) bond motifs is 7. The molecule has 2 aromatic rings. The molecule has 5 rings (SSSR count). The van der Waals surface area contributed by atoms with Gasteiger partial charge in [-0.2, -0.15) is 15.0 Å². The van der Waals surface area contributed by atoms with Crippen LogP contribution in [0.1, 0.15) is 0 Å². The molecule has 1 aromatic carbocycles. The molecule has 112 valence electrons. The van der Waals surface area contributed by atoms with E-state index in [-0.39, 0.29) is 0 Å². The second-order valence-electron chi connectivity index (χ2n) is 5.29. The smallest absolute Gasteiger partial charge is 0.371 e. The second-order valence-corrected chi connectivity index (χ2v) is 7.84. The van der Waals surface area contributed by atoms with Gasteiger partial charge in [-0.1, -0.05) is 12.1 Å². The molecule has 3 aliphatic rings. The van der Waals surface area contributed by atoms with E-state index in [1.807, 2.05) is 24.3 Å². The van der Waals surface area contributed by atoms with Gasteiger partial charge in [-0.25, -0.2) is 0 Å². The Kier molecular flexibility index (Phi) is 3.47. The lowest BCUT2D eigenvalue weighted by Gasteiger charge is -2.37. The Bertz CT molecular complexity index is 575. The van der Waals surface area contributed by atoms with Gasteiger partial charge in [-0.05, 0) is 12.1 Å². The van der Waals surface area contributed by atoms with Gasteiger partial charge in [-0.3, -0.25) is 4.90 Å². The van der Waals surface area contributed by atoms with Crippen LogP contribution in [-0.4, -0.2) is 68.2 Å². The molecule has 0 unspecified atom stereocenters. The van der Waals surface area contributed by atoms with Crippen LogP contribution in [0.15, 0.2) is 24.3 Å². The number of nitrogens with zero attached hydrogens (tertiary/aromatic N) is 4. The highest BCUT2D eigenvalue weighted by Gasteiger charge is 2.45. The van der Waals surface area contributed by atoms with Gasteiger partial charge in [0.2, 0.25) is 0 Å². The molecule has 3 fully saturated rings. The summed E-state index contributed by atoms with van der Waals surface area (Å²) in [5, 5.41) is 8.98. The third-order valence-electron chi connectivity index (χ3n) is 3.85. The Morgan fingerprint density at radius 2 is 1.43 bits per heavy atom. The van der Waals surface area contributed by atoms with Crippen molar-refractivity contribution in [3.05, 3.63) is 24.3 Å². The predicted octanol–water partition coefficient (Wildman–Crippen LogP) is 0.288. The van der Waals surface area contributed by atoms with Crippen LogP contribution in [0.3, 0.4) is 0 Å². The summed E-state index contributed by atoms with van der Waals surface area (Å²) in [6.07, 6.45) is 0.474. The molecule has 0 amide bonds. The minimum Gasteiger partial charge on any atom is -0.371 e. The monoisotopic (exact) mass is 306 g/mol. The zero-order valence-electron chi connectivity index (χ0n) is 11.8. The summed E-state index contributed by atoms with van der Waals surface area (Å²) in [6, 6.07) is 7.82. The van der Waals surface area contributed by atoms with E-state index in [2.05, 4.69) is 15.1 Å². The average molecular weight is 306 g/mol. The van der Waals surface area contributed by atoms with Crippen molar-refractivity contribution in [2.24, 2.45) is 0 Å². The average Bonchev–Trinajstić information content (AvgIpc) is 2.82. The van der Waals surface area contributed by atoms with Crippen molar-refractivity contribution in [3.63, 3.8) is 0 Å². The Labute approximate surface area is 123 Å². The highest BCUT2D eigenvalue weighted by atomic mass is 28.4. The Morgan fingerprint density at radius 1 is 0.905 bits per heavy atom. The van der Waals surface area contributed by atoms with Gasteiger partial charge in [-0.15, -0.1) is 0 Å². The van der Waals surface area contributed by atoms with Crippen molar-refractivity contribution < 1.29 is 13.3 Å². The summed E-state index contributed by atoms with van der Waals surface area (Å²) in [6.45, 7) is 4.76. The maximum absolute atomic E-state index is 5.99. The largest absolute Gasteiger partial charge is 0.525 e. The van der Waals surface area contributed by atoms with Crippen LogP contribution in [0.25, 0.3) is 11.0 Å². The van der Waals surface area contributed by atoms with Crippen LogP contribution >= 0.6 is 0 Å². The lowest BCUT2D eigenvalue weighted by Crippen LogP contribution is -2.57. The predicted molar refractivity (Wildman–Crippen MR) is 77.6 cm³/mol. The maximum atomic E-state index is 5.99. The first kappa shape index (κ1) is 13.3. The lowest BCUT2D eigenvalue weighted by atomic mass is 10.3. The normalized spacial score (nSPS) is 30.0. The molecule has 2 bridgehead atoms. The Balaban J connectivity index is 1.60. The Morgan fingerprint density at radius 3 is 1.95 bits per heavy atom. The first-order valence-corrected chi connectivity index (χ1v) is 9.20. The number of hydrogen-bond donors (Lipinski definition) is 0. The first-order chi connectivity index (χ1) is 10.3. The molecule has 0 aliphatic carbocycles. The van der Waals surface area contributed by atoms with Crippen molar-refractivity contribution in [3.8, 4) is 0 Å². The summed E-state index contributed by atoms with van der Waals surface area (Å²) in [7, 11) is -2.72. The molecule has 7 nitrogen and oxygen atoms in total. The highest BCUT2D eigenvalue weighted by Crippen LogP contribution is 2.18. The number of rotatable bonds is 2. The Hall–Kier alpha value is -1.32. The topological polar surface area (TPSA) is 61.6 Å². The fourth-order valence-electron chi connectivity index (χ4n) is 2.74. The highest BCUT2D eigenvalue weighted by molar-refractivity contribution is 6.59. The van der Waals surface area contributed by atoms with Gasteiger partial charge in [0.05, 0.1) is 19.8 Å². The quantitative estimate of drug-likeness (QED) is 0.743. The van der Waals surface area contributed by atoms with Crippen molar-refractivity contribution >= 4 is 19.8 Å². The van der Waals surface area contributed by atoms with Crippen LogP contribution in [0.5, 0.6) is 0 Å². The fourth-order valence-corrected chi connectivity index (χ4v) is 4.95. The molecule has 0 radical (unpaired) electrons.